The molecule has 0 saturated carbocycles. The molecule has 186 valence electrons. The lowest BCUT2D eigenvalue weighted by atomic mass is 9.88. The second-order valence-electron chi connectivity index (χ2n) is 9.15. The van der Waals surface area contributed by atoms with E-state index >= 15 is 0 Å². The molecule has 0 amide bonds. The normalized spacial score (nSPS) is 20.9. The van der Waals surface area contributed by atoms with Crippen LogP contribution in [-0.4, -0.2) is 57.6 Å². The number of anilines is 1. The minimum absolute atomic E-state index is 0.166. The van der Waals surface area contributed by atoms with E-state index in [1.807, 2.05) is 30.3 Å². The van der Waals surface area contributed by atoms with Crippen LogP contribution in [0.15, 0.2) is 70.5 Å². The molecule has 35 heavy (non-hydrogen) atoms. The summed E-state index contributed by atoms with van der Waals surface area (Å²) in [6.07, 6.45) is 1.69. The first-order chi connectivity index (χ1) is 16.6. The fraction of sp³-hybridized carbons (Fsp3) is 0.333. The van der Waals surface area contributed by atoms with Gasteiger partial charge in [0.1, 0.15) is 4.90 Å². The van der Waals surface area contributed by atoms with Crippen LogP contribution in [0.5, 0.6) is 5.75 Å². The van der Waals surface area contributed by atoms with Gasteiger partial charge in [-0.15, -0.1) is 0 Å². The highest BCUT2D eigenvalue weighted by molar-refractivity contribution is 7.89. The van der Waals surface area contributed by atoms with Gasteiger partial charge in [0, 0.05) is 13.1 Å². The molecular weight excluding hydrogens is 490 g/mol. The molecule has 2 aliphatic heterocycles. The summed E-state index contributed by atoms with van der Waals surface area (Å²) in [6, 6.07) is 17.0. The Labute approximate surface area is 204 Å². The molecule has 11 heteroatoms. The summed E-state index contributed by atoms with van der Waals surface area (Å²) in [6.45, 7) is 1.04. The van der Waals surface area contributed by atoms with E-state index in [9.17, 15) is 21.9 Å². The largest absolute Gasteiger partial charge is 0.504 e. The summed E-state index contributed by atoms with van der Waals surface area (Å²) in [7, 11) is -7.68. The summed E-state index contributed by atoms with van der Waals surface area (Å²) in [5, 5.41) is 20.5. The number of nitrogens with two attached hydrogens (primary N) is 1. The van der Waals surface area contributed by atoms with Crippen LogP contribution in [0.3, 0.4) is 0 Å². The Kier molecular flexibility index (Phi) is 6.01. The first-order valence-electron chi connectivity index (χ1n) is 11.3. The van der Waals surface area contributed by atoms with Gasteiger partial charge in [0.25, 0.3) is 0 Å². The highest BCUT2D eigenvalue weighted by Crippen LogP contribution is 2.40. The topological polar surface area (TPSA) is 139 Å². The Morgan fingerprint density at radius 2 is 1.69 bits per heavy atom. The van der Waals surface area contributed by atoms with Crippen LogP contribution in [0.2, 0.25) is 0 Å². The number of nitrogens with zero attached hydrogens (tertiary/aromatic N) is 1. The number of ether oxygens (including phenoxy) is 1. The summed E-state index contributed by atoms with van der Waals surface area (Å²) >= 11 is 0. The Bertz CT molecular complexity index is 1480. The van der Waals surface area contributed by atoms with E-state index in [4.69, 9.17) is 9.88 Å². The van der Waals surface area contributed by atoms with Crippen molar-refractivity contribution in [2.24, 2.45) is 5.14 Å². The van der Waals surface area contributed by atoms with Crippen molar-refractivity contribution in [1.29, 1.82) is 0 Å². The van der Waals surface area contributed by atoms with Crippen molar-refractivity contribution in [3.63, 3.8) is 0 Å². The Morgan fingerprint density at radius 3 is 2.40 bits per heavy atom. The summed E-state index contributed by atoms with van der Waals surface area (Å²) in [5.41, 5.74) is -0.209. The maximum Gasteiger partial charge on any atom is 0.243 e. The van der Waals surface area contributed by atoms with Gasteiger partial charge in [0.05, 0.1) is 28.8 Å². The van der Waals surface area contributed by atoms with Crippen LogP contribution in [0.1, 0.15) is 19.3 Å². The molecule has 2 saturated heterocycles. The average Bonchev–Trinajstić information content (AvgIpc) is 3.21. The van der Waals surface area contributed by atoms with Crippen molar-refractivity contribution in [3.05, 3.63) is 60.7 Å². The van der Waals surface area contributed by atoms with Crippen LogP contribution in [0.4, 0.5) is 5.69 Å². The highest BCUT2D eigenvalue weighted by atomic mass is 32.2. The van der Waals surface area contributed by atoms with Crippen molar-refractivity contribution in [3.8, 4) is 5.75 Å². The fourth-order valence-electron chi connectivity index (χ4n) is 4.98. The number of hydrogen-bond donors (Lipinski definition) is 3. The van der Waals surface area contributed by atoms with E-state index in [2.05, 4.69) is 5.32 Å². The number of phenols is 1. The zero-order chi connectivity index (χ0) is 24.8. The van der Waals surface area contributed by atoms with E-state index < -0.39 is 31.4 Å². The number of piperidine rings is 1. The summed E-state index contributed by atoms with van der Waals surface area (Å²) in [5.74, 6) is -0.424. The number of primary sulfonamides is 1. The molecule has 0 radical (unpaired) electrons. The molecule has 3 aromatic carbocycles. The molecule has 9 nitrogen and oxygen atoms in total. The maximum atomic E-state index is 13.3. The molecule has 2 aliphatic rings. The molecule has 0 aromatic heterocycles. The van der Waals surface area contributed by atoms with Crippen LogP contribution in [0.25, 0.3) is 10.8 Å². The molecule has 2 fully saturated rings. The first-order valence-corrected chi connectivity index (χ1v) is 14.3. The monoisotopic (exact) mass is 517 g/mol. The highest BCUT2D eigenvalue weighted by Gasteiger charge is 2.45. The van der Waals surface area contributed by atoms with Gasteiger partial charge in [-0.2, -0.15) is 4.31 Å². The standard InChI is InChI=1S/C24H27N3O6S2/c25-34(29,30)22-7-3-6-21(23(22)28)26-19-15-24(33-16-19)10-12-27(13-11-24)35(31,32)20-9-8-17-4-1-2-5-18(17)14-20/h1-9,14,19,26,28H,10-13,15-16H2,(H2,25,29,30). The van der Waals surface area contributed by atoms with Gasteiger partial charge in [-0.3, -0.25) is 0 Å². The van der Waals surface area contributed by atoms with Gasteiger partial charge < -0.3 is 15.2 Å². The number of phenolic OH excluding ortho intramolecular Hbond substituents is 1. The van der Waals surface area contributed by atoms with Crippen LogP contribution in [-0.2, 0) is 24.8 Å². The molecular formula is C24H27N3O6S2. The van der Waals surface area contributed by atoms with Crippen LogP contribution < -0.4 is 10.5 Å². The van der Waals surface area contributed by atoms with Crippen LogP contribution >= 0.6 is 0 Å². The Balaban J connectivity index is 1.26. The number of benzene rings is 3. The third-order valence-electron chi connectivity index (χ3n) is 6.87. The van der Waals surface area contributed by atoms with Crippen molar-refractivity contribution < 1.29 is 26.7 Å². The van der Waals surface area contributed by atoms with E-state index in [0.717, 1.165) is 10.8 Å². The number of hydrogen-bond acceptors (Lipinski definition) is 7. The number of sulfonamides is 2. The fourth-order valence-corrected chi connectivity index (χ4v) is 7.11. The third kappa shape index (κ3) is 4.62. The lowest BCUT2D eigenvalue weighted by molar-refractivity contribution is -0.0310. The molecule has 1 spiro atoms. The molecule has 3 aromatic rings. The number of aromatic hydroxyl groups is 1. The van der Waals surface area contributed by atoms with Gasteiger partial charge in [-0.05, 0) is 54.3 Å². The van der Waals surface area contributed by atoms with E-state index in [0.29, 0.717) is 39.0 Å². The molecule has 1 atom stereocenters. The van der Waals surface area contributed by atoms with E-state index in [1.54, 1.807) is 18.2 Å². The molecule has 0 bridgehead atoms. The maximum absolute atomic E-state index is 13.3. The predicted octanol–water partition coefficient (Wildman–Crippen LogP) is 2.62. The van der Waals surface area contributed by atoms with Crippen molar-refractivity contribution in [1.82, 2.24) is 4.31 Å². The van der Waals surface area contributed by atoms with Gasteiger partial charge in [0.15, 0.2) is 5.75 Å². The van der Waals surface area contributed by atoms with Crippen molar-refractivity contribution >= 4 is 36.5 Å². The molecule has 5 rings (SSSR count). The first kappa shape index (κ1) is 24.0. The summed E-state index contributed by atoms with van der Waals surface area (Å²) in [4.78, 5) is -0.0624. The quantitative estimate of drug-likeness (QED) is 0.442. The average molecular weight is 518 g/mol. The zero-order valence-electron chi connectivity index (χ0n) is 18.9. The second kappa shape index (κ2) is 8.75. The van der Waals surface area contributed by atoms with E-state index in [1.165, 1.54) is 16.4 Å². The number of fused-ring (bicyclic) bond motifs is 1. The van der Waals surface area contributed by atoms with Crippen LogP contribution in [0, 0.1) is 0 Å². The third-order valence-corrected chi connectivity index (χ3v) is 9.70. The van der Waals surface area contributed by atoms with Gasteiger partial charge in [0.2, 0.25) is 20.0 Å². The van der Waals surface area contributed by atoms with Crippen molar-refractivity contribution in [2.45, 2.75) is 40.7 Å². The van der Waals surface area contributed by atoms with Crippen molar-refractivity contribution in [2.75, 3.05) is 25.0 Å². The van der Waals surface area contributed by atoms with E-state index in [-0.39, 0.29) is 21.5 Å². The minimum Gasteiger partial charge on any atom is -0.504 e. The summed E-state index contributed by atoms with van der Waals surface area (Å²) < 4.78 is 57.5. The Hall–Kier alpha value is -2.70. The lowest BCUT2D eigenvalue weighted by Gasteiger charge is -2.38. The second-order valence-corrected chi connectivity index (χ2v) is 12.6. The molecule has 1 unspecified atom stereocenters. The minimum atomic E-state index is -4.06. The van der Waals surface area contributed by atoms with Gasteiger partial charge >= 0.3 is 0 Å². The number of rotatable bonds is 5. The lowest BCUT2D eigenvalue weighted by Crippen LogP contribution is -2.46. The SMILES string of the molecule is NS(=O)(=O)c1cccc(NC2COC3(CCN(S(=O)(=O)c4ccc5ccccc5c4)CC3)C2)c1O. The molecule has 4 N–H and O–H groups in total. The number of nitrogens with one attached hydrogen (secondary N) is 1. The molecule has 0 aliphatic carbocycles. The Morgan fingerprint density at radius 1 is 0.971 bits per heavy atom. The zero-order valence-corrected chi connectivity index (χ0v) is 20.6. The van der Waals surface area contributed by atoms with Gasteiger partial charge in [-0.1, -0.05) is 36.4 Å². The van der Waals surface area contributed by atoms with Gasteiger partial charge in [-0.25, -0.2) is 22.0 Å². The molecule has 2 heterocycles. The number of para-hydroxylation sites is 1. The predicted molar refractivity (Wildman–Crippen MR) is 132 cm³/mol. The smallest absolute Gasteiger partial charge is 0.243 e.